The maximum absolute atomic E-state index is 6.44. The second kappa shape index (κ2) is 4.05. The molecule has 0 spiro atoms. The van der Waals surface area contributed by atoms with Crippen molar-refractivity contribution in [3.63, 3.8) is 0 Å². The van der Waals surface area contributed by atoms with Crippen molar-refractivity contribution < 1.29 is 5.41 Å². The molecule has 0 fully saturated rings. The lowest BCUT2D eigenvalue weighted by molar-refractivity contribution is -0.118. The van der Waals surface area contributed by atoms with E-state index in [-0.39, 0.29) is 12.1 Å². The van der Waals surface area contributed by atoms with Crippen LogP contribution < -0.4 is 10.7 Å². The highest BCUT2D eigenvalue weighted by Crippen LogP contribution is 2.36. The van der Waals surface area contributed by atoms with Crippen molar-refractivity contribution >= 4 is 17.1 Å². The van der Waals surface area contributed by atoms with Gasteiger partial charge >= 0.3 is 0 Å². The predicted octanol–water partition coefficient (Wildman–Crippen LogP) is 1.64. The Morgan fingerprint density at radius 1 is 1.16 bits per heavy atom. The van der Waals surface area contributed by atoms with Crippen LogP contribution in [0.2, 0.25) is 0 Å². The fourth-order valence-electron chi connectivity index (χ4n) is 3.23. The Balaban J connectivity index is 2.16. The van der Waals surface area contributed by atoms with E-state index in [1.807, 2.05) is 6.92 Å². The topological polar surface area (TPSA) is 50.0 Å². The van der Waals surface area contributed by atoms with Crippen molar-refractivity contribution in [1.29, 1.82) is 0 Å². The maximum Gasteiger partial charge on any atom is 0.193 e. The zero-order valence-corrected chi connectivity index (χ0v) is 11.9. The fourth-order valence-corrected chi connectivity index (χ4v) is 3.23. The molecule has 0 aliphatic carbocycles. The molecule has 1 aromatic rings. The number of anilines is 1. The predicted molar refractivity (Wildman–Crippen MR) is 79.7 cm³/mol. The molecule has 2 aliphatic heterocycles. The number of hydrogen-bond acceptors (Lipinski definition) is 2. The van der Waals surface area contributed by atoms with E-state index < -0.39 is 0 Å². The van der Waals surface area contributed by atoms with E-state index in [1.54, 1.807) is 0 Å². The van der Waals surface area contributed by atoms with Gasteiger partial charge in [-0.3, -0.25) is 10.4 Å². The lowest BCUT2D eigenvalue weighted by Gasteiger charge is -2.34. The summed E-state index contributed by atoms with van der Waals surface area (Å²) in [4.78, 5) is 4.70. The Bertz CT molecular complexity index is 638. The average Bonchev–Trinajstić information content (AvgIpc) is 2.30. The number of hydrogen-bond donors (Lipinski definition) is 2. The average molecular weight is 254 g/mol. The van der Waals surface area contributed by atoms with Crippen LogP contribution >= 0.6 is 0 Å². The Morgan fingerprint density at radius 2 is 1.89 bits per heavy atom. The number of rotatable bonds is 0. The second-order valence-corrected chi connectivity index (χ2v) is 5.69. The molecule has 3 N–H and O–H groups in total. The molecule has 3 nitrogen and oxygen atoms in total. The van der Waals surface area contributed by atoms with E-state index in [0.29, 0.717) is 0 Å². The number of benzene rings is 1. The SMILES string of the molecule is CC1=CC(C)=N[C@@H]2Nc3c(C)cc(C)cc3C(=[NH2+])[C@@H]12. The zero-order valence-electron chi connectivity index (χ0n) is 11.9. The third kappa shape index (κ3) is 1.81. The van der Waals surface area contributed by atoms with E-state index in [1.165, 1.54) is 16.7 Å². The zero-order chi connectivity index (χ0) is 13.7. The Labute approximate surface area is 114 Å². The first kappa shape index (κ1) is 12.2. The van der Waals surface area contributed by atoms with E-state index >= 15 is 0 Å². The van der Waals surface area contributed by atoms with Crippen molar-refractivity contribution in [3.8, 4) is 0 Å². The molecule has 19 heavy (non-hydrogen) atoms. The molecule has 3 rings (SSSR count). The van der Waals surface area contributed by atoms with Crippen LogP contribution in [0.5, 0.6) is 0 Å². The molecule has 0 aromatic heterocycles. The molecular formula is C16H20N3+. The van der Waals surface area contributed by atoms with Crippen LogP contribution in [0.15, 0.2) is 28.8 Å². The minimum atomic E-state index is 0.0407. The smallest absolute Gasteiger partial charge is 0.193 e. The Hall–Kier alpha value is -1.90. The van der Waals surface area contributed by atoms with E-state index in [0.717, 1.165) is 22.7 Å². The van der Waals surface area contributed by atoms with Crippen LogP contribution in [0.4, 0.5) is 5.69 Å². The summed E-state index contributed by atoms with van der Waals surface area (Å²) in [6.07, 6.45) is 2.17. The van der Waals surface area contributed by atoms with E-state index in [4.69, 9.17) is 10.4 Å². The van der Waals surface area contributed by atoms with Crippen LogP contribution in [-0.4, -0.2) is 17.6 Å². The third-order valence-corrected chi connectivity index (χ3v) is 4.00. The number of nitrogens with zero attached hydrogens (tertiary/aromatic N) is 1. The molecule has 2 atom stereocenters. The molecule has 2 aliphatic rings. The molecule has 98 valence electrons. The standard InChI is InChI=1S/C16H19N3/c1-8-5-10(3)15-12(6-8)14(17)13-9(2)7-11(4)18-16(13)19-15/h5-7,13,16-17,19H,1-4H3/p+1/t13-,16-/m1/s1. The van der Waals surface area contributed by atoms with Crippen LogP contribution in [0.3, 0.4) is 0 Å². The van der Waals surface area contributed by atoms with Crippen molar-refractivity contribution in [2.75, 3.05) is 5.32 Å². The van der Waals surface area contributed by atoms with Gasteiger partial charge in [-0.1, -0.05) is 11.6 Å². The van der Waals surface area contributed by atoms with Gasteiger partial charge in [0, 0.05) is 5.71 Å². The number of aliphatic imine (C=N–C) groups is 1. The lowest BCUT2D eigenvalue weighted by Crippen LogP contribution is -2.54. The molecule has 0 bridgehead atoms. The van der Waals surface area contributed by atoms with Gasteiger partial charge in [0.05, 0.1) is 11.3 Å². The van der Waals surface area contributed by atoms with Crippen LogP contribution in [0, 0.1) is 19.8 Å². The molecule has 3 heteroatoms. The van der Waals surface area contributed by atoms with Gasteiger partial charge in [-0.25, -0.2) is 0 Å². The Morgan fingerprint density at radius 3 is 2.63 bits per heavy atom. The van der Waals surface area contributed by atoms with Gasteiger partial charge in [-0.15, -0.1) is 0 Å². The first-order valence-corrected chi connectivity index (χ1v) is 6.70. The first-order valence-electron chi connectivity index (χ1n) is 6.70. The van der Waals surface area contributed by atoms with Gasteiger partial charge in [-0.05, 0) is 51.0 Å². The maximum atomic E-state index is 6.44. The fraction of sp³-hybridized carbons (Fsp3) is 0.375. The van der Waals surface area contributed by atoms with Gasteiger partial charge in [0.1, 0.15) is 12.1 Å². The monoisotopic (exact) mass is 254 g/mol. The highest BCUT2D eigenvalue weighted by Gasteiger charge is 2.39. The molecule has 0 saturated carbocycles. The largest absolute Gasteiger partial charge is 0.362 e. The Kier molecular flexibility index (Phi) is 2.59. The summed E-state index contributed by atoms with van der Waals surface area (Å²) in [7, 11) is 0. The van der Waals surface area contributed by atoms with Gasteiger partial charge < -0.3 is 5.32 Å². The number of nitrogens with two attached hydrogens (primary N) is 1. The molecule has 2 heterocycles. The number of fused-ring (bicyclic) bond motifs is 2. The highest BCUT2D eigenvalue weighted by atomic mass is 15.1. The van der Waals surface area contributed by atoms with Crippen molar-refractivity contribution in [1.82, 2.24) is 0 Å². The summed E-state index contributed by atoms with van der Waals surface area (Å²) in [6.45, 7) is 8.40. The molecule has 1 aromatic carbocycles. The second-order valence-electron chi connectivity index (χ2n) is 5.69. The van der Waals surface area contributed by atoms with Crippen molar-refractivity contribution in [3.05, 3.63) is 40.5 Å². The van der Waals surface area contributed by atoms with Gasteiger partial charge in [0.25, 0.3) is 0 Å². The minimum Gasteiger partial charge on any atom is -0.362 e. The van der Waals surface area contributed by atoms with Crippen molar-refractivity contribution in [2.24, 2.45) is 10.9 Å². The highest BCUT2D eigenvalue weighted by molar-refractivity contribution is 6.09. The summed E-state index contributed by atoms with van der Waals surface area (Å²) in [5.41, 5.74) is 8.04. The van der Waals surface area contributed by atoms with Crippen molar-refractivity contribution in [2.45, 2.75) is 33.9 Å². The van der Waals surface area contributed by atoms with Crippen LogP contribution in [0.25, 0.3) is 0 Å². The lowest BCUT2D eigenvalue weighted by atomic mass is 9.81. The summed E-state index contributed by atoms with van der Waals surface area (Å²) >= 11 is 0. The number of nitrogens with one attached hydrogen (secondary N) is 1. The van der Waals surface area contributed by atoms with Gasteiger partial charge in [0.15, 0.2) is 5.71 Å². The summed E-state index contributed by atoms with van der Waals surface area (Å²) in [5.74, 6) is 0.178. The molecule has 0 radical (unpaired) electrons. The molecular weight excluding hydrogens is 234 g/mol. The summed E-state index contributed by atoms with van der Waals surface area (Å²) in [6, 6.07) is 4.35. The summed E-state index contributed by atoms with van der Waals surface area (Å²) < 4.78 is 0. The van der Waals surface area contributed by atoms with E-state index in [9.17, 15) is 0 Å². The molecule has 0 unspecified atom stereocenters. The van der Waals surface area contributed by atoms with Gasteiger partial charge in [0.2, 0.25) is 0 Å². The quantitative estimate of drug-likeness (QED) is 0.726. The van der Waals surface area contributed by atoms with Crippen LogP contribution in [0.1, 0.15) is 30.5 Å². The minimum absolute atomic E-state index is 0.0407. The molecule has 0 saturated heterocycles. The number of allylic oxidation sites excluding steroid dienone is 1. The van der Waals surface area contributed by atoms with Crippen LogP contribution in [-0.2, 0) is 0 Å². The van der Waals surface area contributed by atoms with E-state index in [2.05, 4.69) is 44.3 Å². The summed E-state index contributed by atoms with van der Waals surface area (Å²) in [5, 5.41) is 10.00. The molecule has 0 amide bonds. The normalized spacial score (nSPS) is 24.9. The van der Waals surface area contributed by atoms with Gasteiger partial charge in [-0.2, -0.15) is 0 Å². The first-order chi connectivity index (χ1) is 8.97. The third-order valence-electron chi connectivity index (χ3n) is 4.00. The number of dihydropyridines is 1. The number of aryl methyl sites for hydroxylation is 2.